The molecule has 106 valence electrons. The Hall–Kier alpha value is -2.55. The second-order valence-corrected chi connectivity index (χ2v) is 4.80. The number of benzene rings is 2. The SMILES string of the molecule is CCOC(=O)c1cccc2c(-c3ccccc3)c(C)oc12. The fraction of sp³-hybridized carbons (Fsp3) is 0.167. The molecule has 0 aliphatic rings. The molecule has 2 aromatic carbocycles. The van der Waals surface area contributed by atoms with E-state index in [0.29, 0.717) is 17.8 Å². The molecule has 0 N–H and O–H groups in total. The molecule has 0 saturated carbocycles. The van der Waals surface area contributed by atoms with Crippen molar-refractivity contribution in [3.63, 3.8) is 0 Å². The lowest BCUT2D eigenvalue weighted by Crippen LogP contribution is -2.04. The molecule has 0 aliphatic heterocycles. The van der Waals surface area contributed by atoms with Crippen LogP contribution in [0, 0.1) is 6.92 Å². The largest absolute Gasteiger partial charge is 0.462 e. The van der Waals surface area contributed by atoms with Crippen molar-refractivity contribution in [2.45, 2.75) is 13.8 Å². The maximum Gasteiger partial charge on any atom is 0.341 e. The quantitative estimate of drug-likeness (QED) is 0.659. The van der Waals surface area contributed by atoms with Gasteiger partial charge in [0.15, 0.2) is 0 Å². The van der Waals surface area contributed by atoms with Crippen LogP contribution >= 0.6 is 0 Å². The van der Waals surface area contributed by atoms with Crippen LogP contribution in [0.25, 0.3) is 22.1 Å². The zero-order chi connectivity index (χ0) is 14.8. The summed E-state index contributed by atoms with van der Waals surface area (Å²) < 4.78 is 10.9. The van der Waals surface area contributed by atoms with Gasteiger partial charge in [-0.25, -0.2) is 4.79 Å². The molecule has 0 saturated heterocycles. The summed E-state index contributed by atoms with van der Waals surface area (Å²) in [5.41, 5.74) is 3.17. The number of carbonyl (C=O) groups is 1. The number of rotatable bonds is 3. The third-order valence-corrected chi connectivity index (χ3v) is 3.45. The van der Waals surface area contributed by atoms with E-state index in [-0.39, 0.29) is 5.97 Å². The Bertz CT molecular complexity index is 785. The molecule has 0 bridgehead atoms. The third-order valence-electron chi connectivity index (χ3n) is 3.45. The molecule has 0 atom stereocenters. The van der Waals surface area contributed by atoms with Gasteiger partial charge in [-0.05, 0) is 25.5 Å². The van der Waals surface area contributed by atoms with Crippen LogP contribution in [0.4, 0.5) is 0 Å². The minimum atomic E-state index is -0.350. The van der Waals surface area contributed by atoms with Crippen molar-refractivity contribution in [1.82, 2.24) is 0 Å². The zero-order valence-electron chi connectivity index (χ0n) is 12.1. The predicted molar refractivity (Wildman–Crippen MR) is 82.3 cm³/mol. The van der Waals surface area contributed by atoms with Crippen LogP contribution in [0.15, 0.2) is 52.9 Å². The first kappa shape index (κ1) is 13.4. The lowest BCUT2D eigenvalue weighted by molar-refractivity contribution is 0.0527. The van der Waals surface area contributed by atoms with Gasteiger partial charge in [-0.1, -0.05) is 42.5 Å². The van der Waals surface area contributed by atoms with Gasteiger partial charge in [0, 0.05) is 10.9 Å². The van der Waals surface area contributed by atoms with Crippen LogP contribution in [-0.2, 0) is 4.74 Å². The number of aryl methyl sites for hydroxylation is 1. The van der Waals surface area contributed by atoms with Crippen molar-refractivity contribution in [2.75, 3.05) is 6.61 Å². The lowest BCUT2D eigenvalue weighted by atomic mass is 10.0. The summed E-state index contributed by atoms with van der Waals surface area (Å²) in [6, 6.07) is 15.6. The number of esters is 1. The summed E-state index contributed by atoms with van der Waals surface area (Å²) >= 11 is 0. The summed E-state index contributed by atoms with van der Waals surface area (Å²) in [6.45, 7) is 4.05. The summed E-state index contributed by atoms with van der Waals surface area (Å²) in [5.74, 6) is 0.449. The molecule has 0 unspecified atom stereocenters. The van der Waals surface area contributed by atoms with Crippen LogP contribution in [0.3, 0.4) is 0 Å². The summed E-state index contributed by atoms with van der Waals surface area (Å²) in [5, 5.41) is 0.934. The van der Waals surface area contributed by atoms with Crippen molar-refractivity contribution >= 4 is 16.9 Å². The van der Waals surface area contributed by atoms with Crippen LogP contribution in [0.5, 0.6) is 0 Å². The van der Waals surface area contributed by atoms with E-state index in [1.54, 1.807) is 13.0 Å². The number of ether oxygens (including phenoxy) is 1. The van der Waals surface area contributed by atoms with E-state index in [0.717, 1.165) is 22.3 Å². The fourth-order valence-corrected chi connectivity index (χ4v) is 2.57. The molecule has 3 nitrogen and oxygen atoms in total. The monoisotopic (exact) mass is 280 g/mol. The van der Waals surface area contributed by atoms with E-state index in [2.05, 4.69) is 0 Å². The normalized spacial score (nSPS) is 10.8. The average molecular weight is 280 g/mol. The molecule has 0 amide bonds. The smallest absolute Gasteiger partial charge is 0.341 e. The molecule has 0 aliphatic carbocycles. The van der Waals surface area contributed by atoms with Crippen LogP contribution in [-0.4, -0.2) is 12.6 Å². The molecular weight excluding hydrogens is 264 g/mol. The molecular formula is C18H16O3. The average Bonchev–Trinajstić information content (AvgIpc) is 2.84. The Morgan fingerprint density at radius 3 is 2.57 bits per heavy atom. The van der Waals surface area contributed by atoms with Gasteiger partial charge in [0.05, 0.1) is 6.61 Å². The van der Waals surface area contributed by atoms with Gasteiger partial charge in [0.25, 0.3) is 0 Å². The van der Waals surface area contributed by atoms with Gasteiger partial charge in [0.2, 0.25) is 0 Å². The highest BCUT2D eigenvalue weighted by Crippen LogP contribution is 2.36. The van der Waals surface area contributed by atoms with Crippen LogP contribution < -0.4 is 0 Å². The number of hydrogen-bond acceptors (Lipinski definition) is 3. The topological polar surface area (TPSA) is 39.4 Å². The Labute approximate surface area is 123 Å². The zero-order valence-corrected chi connectivity index (χ0v) is 12.1. The molecule has 1 heterocycles. The van der Waals surface area contributed by atoms with Crippen molar-refractivity contribution in [3.8, 4) is 11.1 Å². The van der Waals surface area contributed by atoms with Crippen LogP contribution in [0.1, 0.15) is 23.0 Å². The molecule has 0 radical (unpaired) electrons. The van der Waals surface area contributed by atoms with Gasteiger partial charge in [-0.2, -0.15) is 0 Å². The molecule has 3 heteroatoms. The first-order valence-electron chi connectivity index (χ1n) is 6.97. The number of hydrogen-bond donors (Lipinski definition) is 0. The van der Waals surface area contributed by atoms with E-state index in [1.165, 1.54) is 0 Å². The second kappa shape index (κ2) is 5.44. The lowest BCUT2D eigenvalue weighted by Gasteiger charge is -2.02. The van der Waals surface area contributed by atoms with E-state index in [4.69, 9.17) is 9.15 Å². The molecule has 3 aromatic rings. The van der Waals surface area contributed by atoms with Crippen molar-refractivity contribution in [2.24, 2.45) is 0 Å². The minimum absolute atomic E-state index is 0.348. The van der Waals surface area contributed by atoms with Gasteiger partial charge in [0.1, 0.15) is 16.9 Å². The fourth-order valence-electron chi connectivity index (χ4n) is 2.57. The van der Waals surface area contributed by atoms with Crippen molar-refractivity contribution in [3.05, 3.63) is 59.9 Å². The number of fused-ring (bicyclic) bond motifs is 1. The summed E-state index contributed by atoms with van der Waals surface area (Å²) in [6.07, 6.45) is 0. The summed E-state index contributed by atoms with van der Waals surface area (Å²) in [4.78, 5) is 12.0. The van der Waals surface area contributed by atoms with Gasteiger partial charge >= 0.3 is 5.97 Å². The molecule has 0 spiro atoms. The predicted octanol–water partition coefficient (Wildman–Crippen LogP) is 4.58. The highest BCUT2D eigenvalue weighted by atomic mass is 16.5. The van der Waals surface area contributed by atoms with Crippen molar-refractivity contribution < 1.29 is 13.9 Å². The standard InChI is InChI=1S/C18H16O3/c1-3-20-18(19)15-11-7-10-14-16(12(2)21-17(14)15)13-8-5-4-6-9-13/h4-11H,3H2,1-2H3. The highest BCUT2D eigenvalue weighted by Gasteiger charge is 2.19. The first-order valence-corrected chi connectivity index (χ1v) is 6.97. The van der Waals surface area contributed by atoms with E-state index in [9.17, 15) is 4.79 Å². The third kappa shape index (κ3) is 2.31. The Balaban J connectivity index is 2.23. The molecule has 0 fully saturated rings. The highest BCUT2D eigenvalue weighted by molar-refractivity contribution is 6.07. The number of para-hydroxylation sites is 1. The second-order valence-electron chi connectivity index (χ2n) is 4.80. The maximum atomic E-state index is 12.0. The van der Waals surface area contributed by atoms with E-state index < -0.39 is 0 Å². The number of furan rings is 1. The Morgan fingerprint density at radius 1 is 1.10 bits per heavy atom. The maximum absolute atomic E-state index is 12.0. The molecule has 3 rings (SSSR count). The van der Waals surface area contributed by atoms with Crippen LogP contribution in [0.2, 0.25) is 0 Å². The van der Waals surface area contributed by atoms with Gasteiger partial charge < -0.3 is 9.15 Å². The van der Waals surface area contributed by atoms with Gasteiger partial charge in [-0.3, -0.25) is 0 Å². The van der Waals surface area contributed by atoms with E-state index in [1.807, 2.05) is 49.4 Å². The Kier molecular flexibility index (Phi) is 3.48. The molecule has 21 heavy (non-hydrogen) atoms. The minimum Gasteiger partial charge on any atom is -0.462 e. The Morgan fingerprint density at radius 2 is 1.86 bits per heavy atom. The van der Waals surface area contributed by atoms with E-state index >= 15 is 0 Å². The first-order chi connectivity index (χ1) is 10.2. The molecule has 1 aromatic heterocycles. The summed E-state index contributed by atoms with van der Waals surface area (Å²) in [7, 11) is 0. The number of carbonyl (C=O) groups excluding carboxylic acids is 1. The van der Waals surface area contributed by atoms with Crippen molar-refractivity contribution in [1.29, 1.82) is 0 Å². The van der Waals surface area contributed by atoms with Gasteiger partial charge in [-0.15, -0.1) is 0 Å².